The summed E-state index contributed by atoms with van der Waals surface area (Å²) in [6.45, 7) is 1.81. The lowest BCUT2D eigenvalue weighted by atomic mass is 9.65. The van der Waals surface area contributed by atoms with Gasteiger partial charge in [0.25, 0.3) is 0 Å². The number of aryl methyl sites for hydroxylation is 1. The predicted octanol–water partition coefficient (Wildman–Crippen LogP) is 3.76. The fourth-order valence-corrected chi connectivity index (χ4v) is 4.28. The quantitative estimate of drug-likeness (QED) is 0.642. The first-order chi connectivity index (χ1) is 16.2. The fourth-order valence-electron chi connectivity index (χ4n) is 4.28. The number of hydrogen-bond acceptors (Lipinski definition) is 7. The van der Waals surface area contributed by atoms with Crippen molar-refractivity contribution in [2.24, 2.45) is 16.1 Å². The van der Waals surface area contributed by atoms with Crippen LogP contribution in [-0.4, -0.2) is 52.5 Å². The maximum absolute atomic E-state index is 13.3. The molecule has 1 saturated carbocycles. The smallest absolute Gasteiger partial charge is 0.329 e. The molecule has 0 atom stereocenters. The molecular formula is C23H24F2N6O3. The molecule has 11 heteroatoms. The number of hydrogen-bond donors (Lipinski definition) is 2. The van der Waals surface area contributed by atoms with Crippen molar-refractivity contribution in [2.45, 2.75) is 32.1 Å². The van der Waals surface area contributed by atoms with Crippen LogP contribution in [0.15, 0.2) is 41.7 Å². The molecule has 0 radical (unpaired) electrons. The summed E-state index contributed by atoms with van der Waals surface area (Å²) in [5.74, 6) is -2.23. The van der Waals surface area contributed by atoms with Gasteiger partial charge in [-0.1, -0.05) is 0 Å². The van der Waals surface area contributed by atoms with Gasteiger partial charge in [-0.2, -0.15) is 0 Å². The normalized spacial score (nSPS) is 18.9. The molecule has 3 N–H and O–H groups in total. The largest absolute Gasteiger partial charge is 0.455 e. The lowest BCUT2D eigenvalue weighted by Gasteiger charge is -2.42. The number of alkyl halides is 2. The summed E-state index contributed by atoms with van der Waals surface area (Å²) in [5.41, 5.74) is 6.21. The molecule has 1 saturated heterocycles. The van der Waals surface area contributed by atoms with Gasteiger partial charge in [0.05, 0.1) is 16.8 Å². The highest BCUT2D eigenvalue weighted by Gasteiger charge is 2.64. The Morgan fingerprint density at radius 3 is 2.74 bits per heavy atom. The van der Waals surface area contributed by atoms with Crippen LogP contribution in [0.3, 0.4) is 0 Å². The van der Waals surface area contributed by atoms with Crippen LogP contribution in [0.25, 0.3) is 5.57 Å². The number of aromatic nitrogens is 2. The van der Waals surface area contributed by atoms with E-state index in [1.54, 1.807) is 44.6 Å². The summed E-state index contributed by atoms with van der Waals surface area (Å²) < 4.78 is 32.6. The zero-order chi connectivity index (χ0) is 24.5. The zero-order valence-corrected chi connectivity index (χ0v) is 18.7. The number of nitrogens with two attached hydrogens (primary N) is 1. The van der Waals surface area contributed by atoms with E-state index in [-0.39, 0.29) is 18.8 Å². The molecular weight excluding hydrogens is 446 g/mol. The Labute approximate surface area is 194 Å². The molecule has 0 aromatic carbocycles. The highest BCUT2D eigenvalue weighted by molar-refractivity contribution is 6.08. The second kappa shape index (κ2) is 8.81. The number of halogens is 2. The molecule has 1 aliphatic carbocycles. The second-order valence-corrected chi connectivity index (χ2v) is 8.39. The maximum Gasteiger partial charge on any atom is 0.329 e. The number of urea groups is 1. The number of imide groups is 1. The van der Waals surface area contributed by atoms with Crippen molar-refractivity contribution in [2.75, 3.05) is 18.9 Å². The van der Waals surface area contributed by atoms with E-state index in [0.29, 0.717) is 28.5 Å². The van der Waals surface area contributed by atoms with Crippen molar-refractivity contribution in [1.29, 1.82) is 0 Å². The van der Waals surface area contributed by atoms with E-state index in [1.165, 1.54) is 12.3 Å². The van der Waals surface area contributed by atoms with Gasteiger partial charge < -0.3 is 10.5 Å². The van der Waals surface area contributed by atoms with Gasteiger partial charge in [-0.15, -0.1) is 0 Å². The SMILES string of the molecule is CN=CC(=CN)c1cc(Oc2ccc(NC(=O)N3CCC4(CC(F)(F)C4)C3=O)nc2C)ccn1. The third kappa shape index (κ3) is 4.45. The maximum atomic E-state index is 13.3. The minimum absolute atomic E-state index is 0.104. The Morgan fingerprint density at radius 1 is 1.32 bits per heavy atom. The van der Waals surface area contributed by atoms with E-state index in [1.807, 2.05) is 0 Å². The van der Waals surface area contributed by atoms with Gasteiger partial charge in [0.2, 0.25) is 11.8 Å². The van der Waals surface area contributed by atoms with Gasteiger partial charge in [-0.3, -0.25) is 25.0 Å². The number of pyridine rings is 2. The standard InChI is InChI=1S/C23H24F2N6O3/c1-14-18(34-16-5-7-28-17(9-16)15(10-26)11-27-2)3-4-19(29-14)30-21(33)31-8-6-22(20(31)32)12-23(24,25)13-22/h3-5,7,9-11H,6,8,12-13,26H2,1-2H3,(H,29,30,33). The summed E-state index contributed by atoms with van der Waals surface area (Å²) in [5, 5.41) is 2.56. The molecule has 0 bridgehead atoms. The third-order valence-electron chi connectivity index (χ3n) is 5.93. The first kappa shape index (κ1) is 23.3. The van der Waals surface area contributed by atoms with E-state index in [0.717, 1.165) is 4.90 Å². The van der Waals surface area contributed by atoms with Gasteiger partial charge in [0, 0.05) is 56.7 Å². The number of rotatable bonds is 5. The monoisotopic (exact) mass is 470 g/mol. The molecule has 178 valence electrons. The van der Waals surface area contributed by atoms with Crippen LogP contribution in [0.4, 0.5) is 19.4 Å². The van der Waals surface area contributed by atoms with Gasteiger partial charge in [0.15, 0.2) is 0 Å². The number of allylic oxidation sites excluding steroid dienone is 1. The average molecular weight is 470 g/mol. The molecule has 0 unspecified atom stereocenters. The zero-order valence-electron chi connectivity index (χ0n) is 18.7. The molecule has 2 aromatic heterocycles. The first-order valence-corrected chi connectivity index (χ1v) is 10.6. The molecule has 34 heavy (non-hydrogen) atoms. The minimum atomic E-state index is -2.84. The average Bonchev–Trinajstić information content (AvgIpc) is 3.09. The van der Waals surface area contributed by atoms with Crippen LogP contribution in [-0.2, 0) is 4.79 Å². The lowest BCUT2D eigenvalue weighted by molar-refractivity contribution is -0.176. The number of anilines is 1. The highest BCUT2D eigenvalue weighted by atomic mass is 19.3. The number of ether oxygens (including phenoxy) is 1. The number of nitrogens with zero attached hydrogens (tertiary/aromatic N) is 4. The van der Waals surface area contributed by atoms with Gasteiger partial charge in [0.1, 0.15) is 17.3 Å². The van der Waals surface area contributed by atoms with Crippen LogP contribution in [0.1, 0.15) is 30.7 Å². The van der Waals surface area contributed by atoms with Gasteiger partial charge in [-0.25, -0.2) is 18.6 Å². The fraction of sp³-hybridized carbons (Fsp3) is 0.348. The van der Waals surface area contributed by atoms with Crippen LogP contribution in [0.2, 0.25) is 0 Å². The topological polar surface area (TPSA) is 123 Å². The number of carbonyl (C=O) groups is 2. The summed E-state index contributed by atoms with van der Waals surface area (Å²) >= 11 is 0. The Morgan fingerprint density at radius 2 is 2.09 bits per heavy atom. The Hall–Kier alpha value is -3.89. The summed E-state index contributed by atoms with van der Waals surface area (Å²) in [6.07, 6.45) is 3.79. The molecule has 3 heterocycles. The molecule has 3 amide bonds. The molecule has 4 rings (SSSR count). The lowest BCUT2D eigenvalue weighted by Crippen LogP contribution is -2.52. The highest BCUT2D eigenvalue weighted by Crippen LogP contribution is 2.57. The van der Waals surface area contributed by atoms with E-state index in [9.17, 15) is 18.4 Å². The van der Waals surface area contributed by atoms with Crippen LogP contribution in [0.5, 0.6) is 11.5 Å². The Kier molecular flexibility index (Phi) is 6.03. The van der Waals surface area contributed by atoms with E-state index >= 15 is 0 Å². The number of aliphatic imine (C=N–C) groups is 1. The molecule has 1 spiro atoms. The van der Waals surface area contributed by atoms with E-state index in [2.05, 4.69) is 20.3 Å². The van der Waals surface area contributed by atoms with Crippen molar-refractivity contribution >= 4 is 29.5 Å². The number of nitrogens with one attached hydrogen (secondary N) is 1. The van der Waals surface area contributed by atoms with Gasteiger partial charge >= 0.3 is 6.03 Å². The minimum Gasteiger partial charge on any atom is -0.455 e. The molecule has 1 aliphatic heterocycles. The van der Waals surface area contributed by atoms with Crippen LogP contribution in [0, 0.1) is 12.3 Å². The molecule has 2 fully saturated rings. The summed E-state index contributed by atoms with van der Waals surface area (Å²) in [4.78, 5) is 38.6. The van der Waals surface area contributed by atoms with Crippen molar-refractivity contribution in [3.8, 4) is 11.5 Å². The van der Waals surface area contributed by atoms with Crippen molar-refractivity contribution < 1.29 is 23.1 Å². The Bertz CT molecular complexity index is 1190. The number of amides is 3. The van der Waals surface area contributed by atoms with Crippen molar-refractivity contribution in [3.63, 3.8) is 0 Å². The first-order valence-electron chi connectivity index (χ1n) is 10.6. The van der Waals surface area contributed by atoms with Crippen molar-refractivity contribution in [3.05, 3.63) is 48.1 Å². The second-order valence-electron chi connectivity index (χ2n) is 8.39. The molecule has 2 aliphatic rings. The molecule has 2 aromatic rings. The number of carbonyl (C=O) groups excluding carboxylic acids is 2. The summed E-state index contributed by atoms with van der Waals surface area (Å²) in [7, 11) is 1.63. The van der Waals surface area contributed by atoms with Crippen LogP contribution < -0.4 is 15.8 Å². The third-order valence-corrected chi connectivity index (χ3v) is 5.93. The van der Waals surface area contributed by atoms with Gasteiger partial charge in [-0.05, 0) is 31.5 Å². The predicted molar refractivity (Wildman–Crippen MR) is 122 cm³/mol. The Balaban J connectivity index is 1.42. The van der Waals surface area contributed by atoms with Crippen molar-refractivity contribution in [1.82, 2.24) is 14.9 Å². The molecule has 9 nitrogen and oxygen atoms in total. The van der Waals surface area contributed by atoms with E-state index in [4.69, 9.17) is 10.5 Å². The number of likely N-dealkylation sites (tertiary alicyclic amines) is 1. The van der Waals surface area contributed by atoms with E-state index < -0.39 is 36.1 Å². The summed E-state index contributed by atoms with van der Waals surface area (Å²) in [6, 6.07) is 5.86. The van der Waals surface area contributed by atoms with Crippen LogP contribution >= 0.6 is 0 Å².